The second-order valence-corrected chi connectivity index (χ2v) is 13.7. The van der Waals surface area contributed by atoms with Crippen molar-refractivity contribution in [2.24, 2.45) is 5.92 Å². The molecule has 5 rings (SSSR count). The highest BCUT2D eigenvalue weighted by molar-refractivity contribution is 5.48. The van der Waals surface area contributed by atoms with Gasteiger partial charge in [0.1, 0.15) is 23.0 Å². The topological polar surface area (TPSA) is 70.5 Å². The summed E-state index contributed by atoms with van der Waals surface area (Å²) >= 11 is 0. The van der Waals surface area contributed by atoms with Crippen molar-refractivity contribution in [3.05, 3.63) is 108 Å². The van der Waals surface area contributed by atoms with Gasteiger partial charge in [0.05, 0.1) is 0 Å². The van der Waals surface area contributed by atoms with Gasteiger partial charge in [0.2, 0.25) is 0 Å². The zero-order valence-electron chi connectivity index (χ0n) is 28.6. The van der Waals surface area contributed by atoms with E-state index in [9.17, 15) is 0 Å². The van der Waals surface area contributed by atoms with Crippen molar-refractivity contribution in [1.29, 1.82) is 0 Å². The van der Waals surface area contributed by atoms with Gasteiger partial charge >= 0.3 is 0 Å². The predicted molar refractivity (Wildman–Crippen MR) is 199 cm³/mol. The lowest BCUT2D eigenvalue weighted by molar-refractivity contribution is 0.250. The minimum Gasteiger partial charge on any atom is -0.457 e. The molecular weight excluding hydrogens is 576 g/mol. The van der Waals surface area contributed by atoms with Gasteiger partial charge < -0.3 is 20.9 Å². The molecule has 0 aromatic heterocycles. The lowest BCUT2D eigenvalue weighted by Gasteiger charge is -2.41. The zero-order valence-corrected chi connectivity index (χ0v) is 28.6. The van der Waals surface area contributed by atoms with E-state index >= 15 is 0 Å². The molecule has 1 saturated carbocycles. The monoisotopic (exact) mass is 632 g/mol. The number of ether oxygens (including phenoxy) is 2. The minimum absolute atomic E-state index is 0.0287. The maximum atomic E-state index is 6.14. The Hall–Kier alpha value is -3.92. The summed E-state index contributed by atoms with van der Waals surface area (Å²) < 4.78 is 12.3. The van der Waals surface area contributed by atoms with Crippen LogP contribution in [-0.4, -0.2) is 0 Å². The van der Waals surface area contributed by atoms with E-state index in [4.69, 9.17) is 20.9 Å². The van der Waals surface area contributed by atoms with Gasteiger partial charge in [-0.05, 0) is 91.3 Å². The SMILES string of the molecule is CCCCCCCCCCCCCC1CCC(c2ccc(Oc3cccc(N)c3)cc2)(c2ccc(Oc3cccc(N)c3)cc2)CC1. The number of hydrogen-bond donors (Lipinski definition) is 2. The molecule has 4 aromatic carbocycles. The van der Waals surface area contributed by atoms with Crippen molar-refractivity contribution in [3.8, 4) is 23.0 Å². The van der Waals surface area contributed by atoms with E-state index in [2.05, 4.69) is 55.5 Å². The number of unbranched alkanes of at least 4 members (excludes halogenated alkanes) is 10. The molecule has 0 atom stereocenters. The summed E-state index contributed by atoms with van der Waals surface area (Å²) in [6, 6.07) is 32.7. The van der Waals surface area contributed by atoms with Gasteiger partial charge in [-0.25, -0.2) is 0 Å². The van der Waals surface area contributed by atoms with Gasteiger partial charge in [0.25, 0.3) is 0 Å². The van der Waals surface area contributed by atoms with Crippen molar-refractivity contribution in [1.82, 2.24) is 0 Å². The maximum absolute atomic E-state index is 6.14. The predicted octanol–water partition coefficient (Wildman–Crippen LogP) is 12.6. The molecule has 4 nitrogen and oxygen atoms in total. The highest BCUT2D eigenvalue weighted by atomic mass is 16.5. The summed E-state index contributed by atoms with van der Waals surface area (Å²) in [6.45, 7) is 2.29. The molecule has 0 radical (unpaired) electrons. The molecule has 0 heterocycles. The normalized spacial score (nSPS) is 14.6. The molecule has 1 fully saturated rings. The van der Waals surface area contributed by atoms with Gasteiger partial charge in [-0.1, -0.05) is 120 Å². The Bertz CT molecular complexity index is 1380. The van der Waals surface area contributed by atoms with Crippen molar-refractivity contribution >= 4 is 11.4 Å². The Morgan fingerprint density at radius 3 is 1.38 bits per heavy atom. The lowest BCUT2D eigenvalue weighted by Crippen LogP contribution is -2.33. The number of rotatable bonds is 18. The Labute approximate surface area is 283 Å². The number of hydrogen-bond acceptors (Lipinski definition) is 4. The van der Waals surface area contributed by atoms with Gasteiger partial charge in [-0.2, -0.15) is 0 Å². The molecule has 1 aliphatic rings. The van der Waals surface area contributed by atoms with Crippen LogP contribution in [-0.2, 0) is 5.41 Å². The Balaban J connectivity index is 1.20. The third-order valence-corrected chi connectivity index (χ3v) is 10.2. The summed E-state index contributed by atoms with van der Waals surface area (Å²) in [5, 5.41) is 0. The van der Waals surface area contributed by atoms with Crippen LogP contribution in [0.5, 0.6) is 23.0 Å². The first-order valence-corrected chi connectivity index (χ1v) is 18.3. The average molecular weight is 633 g/mol. The largest absolute Gasteiger partial charge is 0.457 e. The quantitative estimate of drug-likeness (QED) is 0.0845. The fourth-order valence-corrected chi connectivity index (χ4v) is 7.41. The van der Waals surface area contributed by atoms with E-state index < -0.39 is 0 Å². The molecule has 4 aromatic rings. The molecule has 250 valence electrons. The van der Waals surface area contributed by atoms with Crippen LogP contribution in [0, 0.1) is 5.92 Å². The molecule has 0 spiro atoms. The zero-order chi connectivity index (χ0) is 32.7. The molecule has 4 heteroatoms. The third-order valence-electron chi connectivity index (χ3n) is 10.2. The van der Waals surface area contributed by atoms with E-state index in [-0.39, 0.29) is 5.41 Å². The van der Waals surface area contributed by atoms with E-state index in [0.29, 0.717) is 11.4 Å². The Morgan fingerprint density at radius 2 is 0.957 bits per heavy atom. The third kappa shape index (κ3) is 10.3. The summed E-state index contributed by atoms with van der Waals surface area (Å²) in [4.78, 5) is 0. The number of anilines is 2. The van der Waals surface area contributed by atoms with E-state index in [0.717, 1.165) is 41.8 Å². The molecule has 0 saturated heterocycles. The van der Waals surface area contributed by atoms with Gasteiger partial charge in [-0.15, -0.1) is 0 Å². The van der Waals surface area contributed by atoms with Crippen LogP contribution in [0.1, 0.15) is 121 Å². The van der Waals surface area contributed by atoms with Crippen LogP contribution in [0.2, 0.25) is 0 Å². The van der Waals surface area contributed by atoms with Crippen LogP contribution in [0.3, 0.4) is 0 Å². The van der Waals surface area contributed by atoms with Crippen LogP contribution in [0.25, 0.3) is 0 Å². The molecule has 0 amide bonds. The second kappa shape index (κ2) is 17.8. The summed E-state index contributed by atoms with van der Waals surface area (Å²) in [5.74, 6) is 3.98. The molecule has 0 bridgehead atoms. The Kier molecular flexibility index (Phi) is 13.1. The van der Waals surface area contributed by atoms with E-state index in [1.807, 2.05) is 48.5 Å². The fourth-order valence-electron chi connectivity index (χ4n) is 7.41. The Morgan fingerprint density at radius 1 is 0.532 bits per heavy atom. The summed E-state index contributed by atoms with van der Waals surface area (Å²) in [5.41, 5.74) is 16.0. The van der Waals surface area contributed by atoms with Crippen LogP contribution >= 0.6 is 0 Å². The van der Waals surface area contributed by atoms with Gasteiger partial charge in [-0.3, -0.25) is 0 Å². The van der Waals surface area contributed by atoms with Crippen molar-refractivity contribution < 1.29 is 9.47 Å². The molecule has 1 aliphatic carbocycles. The fraction of sp³-hybridized carbons (Fsp3) is 0.442. The minimum atomic E-state index is -0.0287. The lowest BCUT2D eigenvalue weighted by atomic mass is 9.62. The molecule has 4 N–H and O–H groups in total. The highest BCUT2D eigenvalue weighted by Gasteiger charge is 2.38. The highest BCUT2D eigenvalue weighted by Crippen LogP contribution is 2.48. The van der Waals surface area contributed by atoms with Crippen LogP contribution in [0.4, 0.5) is 11.4 Å². The van der Waals surface area contributed by atoms with Crippen LogP contribution in [0.15, 0.2) is 97.1 Å². The first kappa shape index (κ1) is 34.4. The number of nitrogens with two attached hydrogens (primary N) is 2. The molecule has 47 heavy (non-hydrogen) atoms. The van der Waals surface area contributed by atoms with E-state index in [1.165, 1.54) is 101 Å². The molecular formula is C43H56N2O2. The van der Waals surface area contributed by atoms with E-state index in [1.54, 1.807) is 0 Å². The maximum Gasteiger partial charge on any atom is 0.129 e. The van der Waals surface area contributed by atoms with Crippen LogP contribution < -0.4 is 20.9 Å². The number of nitrogen functional groups attached to an aromatic ring is 2. The first-order chi connectivity index (χ1) is 23.0. The average Bonchev–Trinajstić information content (AvgIpc) is 3.08. The number of benzene rings is 4. The van der Waals surface area contributed by atoms with Crippen molar-refractivity contribution in [2.45, 2.75) is 115 Å². The molecule has 0 aliphatic heterocycles. The second-order valence-electron chi connectivity index (χ2n) is 13.7. The molecule has 0 unspecified atom stereocenters. The van der Waals surface area contributed by atoms with Gasteiger partial charge in [0, 0.05) is 28.9 Å². The summed E-state index contributed by atoms with van der Waals surface area (Å²) in [6.07, 6.45) is 21.7. The summed E-state index contributed by atoms with van der Waals surface area (Å²) in [7, 11) is 0. The standard InChI is InChI=1S/C43H56N2O2/c1-2-3-4-5-6-7-8-9-10-11-12-15-34-28-30-43(31-29-34,35-20-24-39(25-21-35)46-41-18-13-16-37(44)32-41)36-22-26-40(27-23-36)47-42-19-14-17-38(45)33-42/h13-14,16-27,32-34H,2-12,15,28-31,44-45H2,1H3. The van der Waals surface area contributed by atoms with Crippen molar-refractivity contribution in [3.63, 3.8) is 0 Å². The first-order valence-electron chi connectivity index (χ1n) is 18.3. The van der Waals surface area contributed by atoms with Crippen molar-refractivity contribution in [2.75, 3.05) is 11.5 Å². The smallest absolute Gasteiger partial charge is 0.129 e. The van der Waals surface area contributed by atoms with Gasteiger partial charge in [0.15, 0.2) is 0 Å².